The van der Waals surface area contributed by atoms with Crippen molar-refractivity contribution in [1.29, 1.82) is 0 Å². The molecule has 0 radical (unpaired) electrons. The van der Waals surface area contributed by atoms with Crippen LogP contribution in [-0.2, 0) is 26.2 Å². The summed E-state index contributed by atoms with van der Waals surface area (Å²) in [7, 11) is -3.78. The van der Waals surface area contributed by atoms with Gasteiger partial charge in [0.15, 0.2) is 0 Å². The number of benzene rings is 2. The quantitative estimate of drug-likeness (QED) is 0.547. The summed E-state index contributed by atoms with van der Waals surface area (Å²) in [5, 5.41) is 3.24. The summed E-state index contributed by atoms with van der Waals surface area (Å²) < 4.78 is 26.6. The van der Waals surface area contributed by atoms with E-state index in [1.165, 1.54) is 4.90 Å². The van der Waals surface area contributed by atoms with E-state index in [-0.39, 0.29) is 12.5 Å². The molecule has 7 nitrogen and oxygen atoms in total. The highest BCUT2D eigenvalue weighted by molar-refractivity contribution is 7.92. The van der Waals surface area contributed by atoms with E-state index in [2.05, 4.69) is 5.32 Å². The molecule has 0 saturated heterocycles. The van der Waals surface area contributed by atoms with Crippen LogP contribution in [0.1, 0.15) is 37.0 Å². The van der Waals surface area contributed by atoms with Gasteiger partial charge in [-0.15, -0.1) is 0 Å². The number of likely N-dealkylation sites (N-methyl/N-ethyl adjacent to an activating group) is 1. The van der Waals surface area contributed by atoms with Crippen molar-refractivity contribution in [2.45, 2.75) is 46.7 Å². The average Bonchev–Trinajstić information content (AvgIpc) is 2.73. The highest BCUT2D eigenvalue weighted by Crippen LogP contribution is 2.27. The standard InChI is InChI=1S/C24H32ClN3O4S/c1-6-21(24(30)26-7-2)27(15-19-13-8-9-14-20(19)25)22(29)16-28(33(5,31)32)23-17(3)11-10-12-18(23)4/h8-14,21H,6-7,15-16H2,1-5H3,(H,26,30)/t21-/m0/s1. The molecular formula is C24H32ClN3O4S. The van der Waals surface area contributed by atoms with E-state index < -0.39 is 28.5 Å². The molecule has 2 amide bonds. The Morgan fingerprint density at radius 3 is 2.15 bits per heavy atom. The molecule has 0 aromatic heterocycles. The van der Waals surface area contributed by atoms with E-state index in [0.717, 1.165) is 21.7 Å². The van der Waals surface area contributed by atoms with Gasteiger partial charge in [-0.3, -0.25) is 13.9 Å². The van der Waals surface area contributed by atoms with E-state index in [1.54, 1.807) is 57.2 Å². The number of anilines is 1. The molecule has 2 rings (SSSR count). The van der Waals surface area contributed by atoms with Crippen LogP contribution in [0, 0.1) is 13.8 Å². The van der Waals surface area contributed by atoms with Crippen molar-refractivity contribution in [2.24, 2.45) is 0 Å². The van der Waals surface area contributed by atoms with Gasteiger partial charge in [0, 0.05) is 18.1 Å². The number of carbonyl (C=O) groups is 2. The molecule has 0 spiro atoms. The Bertz CT molecular complexity index is 1080. The Hall–Kier alpha value is -2.58. The number of halogens is 1. The number of aryl methyl sites for hydroxylation is 2. The SMILES string of the molecule is CCNC(=O)[C@H](CC)N(Cc1ccccc1Cl)C(=O)CN(c1c(C)cccc1C)S(C)(=O)=O. The second kappa shape index (κ2) is 11.5. The molecule has 9 heteroatoms. The molecule has 1 N–H and O–H groups in total. The lowest BCUT2D eigenvalue weighted by atomic mass is 10.1. The van der Waals surface area contributed by atoms with Crippen LogP contribution < -0.4 is 9.62 Å². The summed E-state index contributed by atoms with van der Waals surface area (Å²) >= 11 is 6.33. The first kappa shape index (κ1) is 26.7. The van der Waals surface area contributed by atoms with Crippen molar-refractivity contribution in [2.75, 3.05) is 23.7 Å². The van der Waals surface area contributed by atoms with Crippen molar-refractivity contribution < 1.29 is 18.0 Å². The zero-order valence-corrected chi connectivity index (χ0v) is 21.3. The first-order chi connectivity index (χ1) is 15.5. The summed E-state index contributed by atoms with van der Waals surface area (Å²) in [6.45, 7) is 7.29. The molecule has 0 saturated carbocycles. The molecule has 1 atom stereocenters. The molecular weight excluding hydrogens is 462 g/mol. The van der Waals surface area contributed by atoms with Gasteiger partial charge >= 0.3 is 0 Å². The topological polar surface area (TPSA) is 86.8 Å². The second-order valence-electron chi connectivity index (χ2n) is 7.94. The molecule has 0 bridgehead atoms. The molecule has 0 aliphatic carbocycles. The molecule has 0 aliphatic rings. The largest absolute Gasteiger partial charge is 0.355 e. The Morgan fingerprint density at radius 1 is 1.03 bits per heavy atom. The molecule has 0 aliphatic heterocycles. The van der Waals surface area contributed by atoms with Crippen LogP contribution in [0.2, 0.25) is 5.02 Å². The summed E-state index contributed by atoms with van der Waals surface area (Å²) in [6, 6.07) is 11.8. The predicted molar refractivity (Wildman–Crippen MR) is 133 cm³/mol. The monoisotopic (exact) mass is 493 g/mol. The number of carbonyl (C=O) groups excluding carboxylic acids is 2. The molecule has 0 heterocycles. The van der Waals surface area contributed by atoms with Gasteiger partial charge in [0.2, 0.25) is 21.8 Å². The van der Waals surface area contributed by atoms with Crippen molar-refractivity contribution in [3.8, 4) is 0 Å². The lowest BCUT2D eigenvalue weighted by molar-refractivity contribution is -0.140. The van der Waals surface area contributed by atoms with Crippen LogP contribution in [0.15, 0.2) is 42.5 Å². The fraction of sp³-hybridized carbons (Fsp3) is 0.417. The maximum atomic E-state index is 13.6. The molecule has 2 aromatic carbocycles. The minimum Gasteiger partial charge on any atom is -0.355 e. The molecule has 0 fully saturated rings. The fourth-order valence-corrected chi connectivity index (χ4v) is 4.96. The van der Waals surface area contributed by atoms with Crippen molar-refractivity contribution >= 4 is 39.1 Å². The normalized spacial score (nSPS) is 12.2. The van der Waals surface area contributed by atoms with Crippen molar-refractivity contribution in [1.82, 2.24) is 10.2 Å². The number of nitrogens with one attached hydrogen (secondary N) is 1. The number of rotatable bonds is 10. The van der Waals surface area contributed by atoms with Gasteiger partial charge in [-0.25, -0.2) is 8.42 Å². The van der Waals surface area contributed by atoms with E-state index in [4.69, 9.17) is 11.6 Å². The molecule has 33 heavy (non-hydrogen) atoms. The number of para-hydroxylation sites is 1. The van der Waals surface area contributed by atoms with E-state index >= 15 is 0 Å². The minimum absolute atomic E-state index is 0.0818. The van der Waals surface area contributed by atoms with Crippen LogP contribution >= 0.6 is 11.6 Å². The van der Waals surface area contributed by atoms with Gasteiger partial charge in [0.25, 0.3) is 0 Å². The first-order valence-corrected chi connectivity index (χ1v) is 13.1. The van der Waals surface area contributed by atoms with Crippen LogP contribution in [0.4, 0.5) is 5.69 Å². The maximum Gasteiger partial charge on any atom is 0.244 e. The molecule has 0 unspecified atom stereocenters. The summed E-state index contributed by atoms with van der Waals surface area (Å²) in [5.74, 6) is -0.778. The lowest BCUT2D eigenvalue weighted by Crippen LogP contribution is -2.52. The van der Waals surface area contributed by atoms with Crippen LogP contribution in [0.5, 0.6) is 0 Å². The third-order valence-electron chi connectivity index (χ3n) is 5.40. The van der Waals surface area contributed by atoms with Gasteiger partial charge in [-0.05, 0) is 49.9 Å². The highest BCUT2D eigenvalue weighted by Gasteiger charge is 2.32. The number of sulfonamides is 1. The maximum absolute atomic E-state index is 13.6. The Morgan fingerprint density at radius 2 is 1.64 bits per heavy atom. The molecule has 2 aromatic rings. The summed E-state index contributed by atoms with van der Waals surface area (Å²) in [6.07, 6.45) is 1.44. The third kappa shape index (κ3) is 6.71. The number of amides is 2. The van der Waals surface area contributed by atoms with Gasteiger partial charge in [0.1, 0.15) is 12.6 Å². The number of nitrogens with zero attached hydrogens (tertiary/aromatic N) is 2. The number of hydrogen-bond acceptors (Lipinski definition) is 4. The first-order valence-electron chi connectivity index (χ1n) is 10.9. The average molecular weight is 494 g/mol. The minimum atomic E-state index is -3.78. The zero-order valence-electron chi connectivity index (χ0n) is 19.8. The summed E-state index contributed by atoms with van der Waals surface area (Å²) in [5.41, 5.74) is 2.62. The number of hydrogen-bond donors (Lipinski definition) is 1. The van der Waals surface area contributed by atoms with Crippen LogP contribution in [0.25, 0.3) is 0 Å². The Kier molecular flexibility index (Phi) is 9.31. The van der Waals surface area contributed by atoms with E-state index in [9.17, 15) is 18.0 Å². The Balaban J connectivity index is 2.51. The predicted octanol–water partition coefficient (Wildman–Crippen LogP) is 3.67. The summed E-state index contributed by atoms with van der Waals surface area (Å²) in [4.78, 5) is 27.8. The van der Waals surface area contributed by atoms with Gasteiger partial charge in [-0.1, -0.05) is 54.9 Å². The van der Waals surface area contributed by atoms with E-state index in [0.29, 0.717) is 29.2 Å². The Labute approximate surface area is 201 Å². The van der Waals surface area contributed by atoms with Gasteiger partial charge in [-0.2, -0.15) is 0 Å². The van der Waals surface area contributed by atoms with Crippen molar-refractivity contribution in [3.63, 3.8) is 0 Å². The van der Waals surface area contributed by atoms with E-state index in [1.807, 2.05) is 13.0 Å². The second-order valence-corrected chi connectivity index (χ2v) is 10.3. The third-order valence-corrected chi connectivity index (χ3v) is 6.88. The lowest BCUT2D eigenvalue weighted by Gasteiger charge is -2.33. The van der Waals surface area contributed by atoms with Crippen LogP contribution in [-0.4, -0.2) is 50.5 Å². The van der Waals surface area contributed by atoms with Crippen LogP contribution in [0.3, 0.4) is 0 Å². The smallest absolute Gasteiger partial charge is 0.244 e. The van der Waals surface area contributed by atoms with Gasteiger partial charge < -0.3 is 10.2 Å². The van der Waals surface area contributed by atoms with Gasteiger partial charge in [0.05, 0.1) is 11.9 Å². The fourth-order valence-electron chi connectivity index (χ4n) is 3.80. The molecule has 180 valence electrons. The highest BCUT2D eigenvalue weighted by atomic mass is 35.5. The van der Waals surface area contributed by atoms with Crippen molar-refractivity contribution in [3.05, 3.63) is 64.2 Å². The zero-order chi connectivity index (χ0) is 24.8.